The van der Waals surface area contributed by atoms with Crippen LogP contribution in [-0.2, 0) is 20.0 Å². The van der Waals surface area contributed by atoms with Gasteiger partial charge in [0.2, 0.25) is 0 Å². The second-order valence-electron chi connectivity index (χ2n) is 5.80. The lowest BCUT2D eigenvalue weighted by Gasteiger charge is -2.22. The number of methoxy groups -OCH3 is 1. The third kappa shape index (κ3) is 6.93. The molecule has 1 N–H and O–H groups in total. The van der Waals surface area contributed by atoms with Gasteiger partial charge in [0.15, 0.2) is 5.96 Å². The van der Waals surface area contributed by atoms with E-state index >= 15 is 0 Å². The summed E-state index contributed by atoms with van der Waals surface area (Å²) in [7, 11) is 7.48. The van der Waals surface area contributed by atoms with E-state index in [1.807, 2.05) is 44.2 Å². The maximum Gasteiger partial charge on any atom is 0.193 e. The largest absolute Gasteiger partial charge is 0.497 e. The molecule has 7 heteroatoms. The zero-order valence-electron chi connectivity index (χ0n) is 15.4. The number of nitrogens with one attached hydrogen (secondary N) is 1. The molecule has 138 valence electrons. The van der Waals surface area contributed by atoms with Crippen LogP contribution < -0.4 is 10.1 Å². The summed E-state index contributed by atoms with van der Waals surface area (Å²) < 4.78 is 7.03. The first-order valence-corrected chi connectivity index (χ1v) is 8.14. The summed E-state index contributed by atoms with van der Waals surface area (Å²) in [6, 6.07) is 8.11. The molecule has 0 aliphatic rings. The first kappa shape index (κ1) is 21.3. The summed E-state index contributed by atoms with van der Waals surface area (Å²) in [5.74, 6) is 1.77. The lowest BCUT2D eigenvalue weighted by atomic mass is 10.2. The SMILES string of the molecule is CN=C(NCCCc1cnn(C)c1)N(C)Cc1ccc(OC)cc1.I. The molecule has 0 bridgehead atoms. The van der Waals surface area contributed by atoms with E-state index in [4.69, 9.17) is 4.74 Å². The first-order chi connectivity index (χ1) is 11.6. The standard InChI is InChI=1S/C18H27N5O.HI/c1-19-18(20-11-5-6-16-12-21-23(3)14-16)22(2)13-15-7-9-17(24-4)10-8-15;/h7-10,12,14H,5-6,11,13H2,1-4H3,(H,19,20);1H. The summed E-state index contributed by atoms with van der Waals surface area (Å²) in [5.41, 5.74) is 2.48. The molecule has 6 nitrogen and oxygen atoms in total. The number of aliphatic imine (C=N–C) groups is 1. The van der Waals surface area contributed by atoms with Crippen LogP contribution in [0.15, 0.2) is 41.7 Å². The first-order valence-electron chi connectivity index (χ1n) is 8.14. The highest BCUT2D eigenvalue weighted by Crippen LogP contribution is 2.12. The Hall–Kier alpha value is -1.77. The molecule has 0 fully saturated rings. The molecule has 0 aliphatic carbocycles. The number of aromatic nitrogens is 2. The fraction of sp³-hybridized carbons (Fsp3) is 0.444. The lowest BCUT2D eigenvalue weighted by Crippen LogP contribution is -2.38. The van der Waals surface area contributed by atoms with Gasteiger partial charge in [0, 0.05) is 40.4 Å². The molecule has 2 rings (SSSR count). The van der Waals surface area contributed by atoms with Gasteiger partial charge in [-0.15, -0.1) is 24.0 Å². The molecular formula is C18H28IN5O. The monoisotopic (exact) mass is 457 g/mol. The van der Waals surface area contributed by atoms with E-state index in [0.717, 1.165) is 37.6 Å². The van der Waals surface area contributed by atoms with Crippen molar-refractivity contribution >= 4 is 29.9 Å². The van der Waals surface area contributed by atoms with E-state index < -0.39 is 0 Å². The average molecular weight is 457 g/mol. The van der Waals surface area contributed by atoms with Gasteiger partial charge in [-0.3, -0.25) is 9.67 Å². The van der Waals surface area contributed by atoms with Gasteiger partial charge in [0.05, 0.1) is 13.3 Å². The Labute approximate surface area is 167 Å². The zero-order valence-corrected chi connectivity index (χ0v) is 17.7. The second kappa shape index (κ2) is 11.0. The summed E-state index contributed by atoms with van der Waals surface area (Å²) >= 11 is 0. The number of guanidine groups is 1. The van der Waals surface area contributed by atoms with E-state index in [1.54, 1.807) is 7.11 Å². The van der Waals surface area contributed by atoms with Crippen LogP contribution in [0.4, 0.5) is 0 Å². The second-order valence-corrected chi connectivity index (χ2v) is 5.80. The van der Waals surface area contributed by atoms with Crippen molar-refractivity contribution in [1.82, 2.24) is 20.0 Å². The molecule has 1 aromatic heterocycles. The highest BCUT2D eigenvalue weighted by atomic mass is 127. The van der Waals surface area contributed by atoms with Gasteiger partial charge in [0.25, 0.3) is 0 Å². The number of nitrogens with zero attached hydrogens (tertiary/aromatic N) is 4. The third-order valence-corrected chi connectivity index (χ3v) is 3.84. The Morgan fingerprint density at radius 1 is 1.28 bits per heavy atom. The van der Waals surface area contributed by atoms with Crippen molar-refractivity contribution < 1.29 is 4.74 Å². The van der Waals surface area contributed by atoms with E-state index in [9.17, 15) is 0 Å². The van der Waals surface area contributed by atoms with Crippen molar-refractivity contribution in [3.63, 3.8) is 0 Å². The number of benzene rings is 1. The number of hydrogen-bond donors (Lipinski definition) is 1. The van der Waals surface area contributed by atoms with Crippen LogP contribution in [0.2, 0.25) is 0 Å². The molecular weight excluding hydrogens is 429 g/mol. The Kier molecular flexibility index (Phi) is 9.33. The van der Waals surface area contributed by atoms with E-state index in [0.29, 0.717) is 0 Å². The van der Waals surface area contributed by atoms with Crippen LogP contribution in [0.25, 0.3) is 0 Å². The summed E-state index contributed by atoms with van der Waals surface area (Å²) in [5, 5.41) is 7.60. The third-order valence-electron chi connectivity index (χ3n) is 3.84. The average Bonchev–Trinajstić information content (AvgIpc) is 3.01. The number of aryl methyl sites for hydroxylation is 2. The quantitative estimate of drug-likeness (QED) is 0.301. The van der Waals surface area contributed by atoms with Gasteiger partial charge < -0.3 is 15.0 Å². The molecule has 0 saturated carbocycles. The maximum atomic E-state index is 5.19. The van der Waals surface area contributed by atoms with Crippen molar-refractivity contribution in [3.05, 3.63) is 47.8 Å². The van der Waals surface area contributed by atoms with Gasteiger partial charge in [-0.25, -0.2) is 0 Å². The van der Waals surface area contributed by atoms with Crippen LogP contribution >= 0.6 is 24.0 Å². The molecule has 0 unspecified atom stereocenters. The fourth-order valence-corrected chi connectivity index (χ4v) is 2.56. The molecule has 25 heavy (non-hydrogen) atoms. The van der Waals surface area contributed by atoms with Crippen molar-refractivity contribution in [3.8, 4) is 5.75 Å². The van der Waals surface area contributed by atoms with E-state index in [1.165, 1.54) is 11.1 Å². The normalized spacial score (nSPS) is 11.0. The Bertz CT molecular complexity index is 654. The maximum absolute atomic E-state index is 5.19. The van der Waals surface area contributed by atoms with Gasteiger partial charge in [-0.05, 0) is 36.1 Å². The minimum atomic E-state index is 0. The van der Waals surface area contributed by atoms with Gasteiger partial charge in [-0.2, -0.15) is 5.10 Å². The highest BCUT2D eigenvalue weighted by molar-refractivity contribution is 14.0. The number of rotatable bonds is 7. The smallest absolute Gasteiger partial charge is 0.193 e. The van der Waals surface area contributed by atoms with Crippen LogP contribution in [0.1, 0.15) is 17.5 Å². The molecule has 0 radical (unpaired) electrons. The predicted octanol–water partition coefficient (Wildman–Crippen LogP) is 2.69. The number of ether oxygens (including phenoxy) is 1. The van der Waals surface area contributed by atoms with E-state index in [2.05, 4.69) is 38.6 Å². The molecule has 2 aromatic rings. The Morgan fingerprint density at radius 3 is 2.56 bits per heavy atom. The number of halogens is 1. The number of hydrogen-bond acceptors (Lipinski definition) is 3. The van der Waals surface area contributed by atoms with E-state index in [-0.39, 0.29) is 24.0 Å². The van der Waals surface area contributed by atoms with Crippen LogP contribution in [0.5, 0.6) is 5.75 Å². The highest BCUT2D eigenvalue weighted by Gasteiger charge is 2.06. The minimum Gasteiger partial charge on any atom is -0.497 e. The molecule has 0 atom stereocenters. The molecule has 0 aliphatic heterocycles. The summed E-state index contributed by atoms with van der Waals surface area (Å²) in [6.07, 6.45) is 6.04. The summed E-state index contributed by atoms with van der Waals surface area (Å²) in [4.78, 5) is 6.47. The van der Waals surface area contributed by atoms with Crippen molar-refractivity contribution in [2.75, 3.05) is 27.7 Å². The minimum absolute atomic E-state index is 0. The fourth-order valence-electron chi connectivity index (χ4n) is 2.56. The van der Waals surface area contributed by atoms with Crippen LogP contribution in [0, 0.1) is 0 Å². The molecule has 0 spiro atoms. The Balaban J connectivity index is 0.00000312. The van der Waals surface area contributed by atoms with Crippen molar-refractivity contribution in [1.29, 1.82) is 0 Å². The summed E-state index contributed by atoms with van der Waals surface area (Å²) in [6.45, 7) is 1.68. The Morgan fingerprint density at radius 2 is 2.00 bits per heavy atom. The topological polar surface area (TPSA) is 54.7 Å². The molecule has 0 saturated heterocycles. The molecule has 1 heterocycles. The van der Waals surface area contributed by atoms with Gasteiger partial charge in [-0.1, -0.05) is 12.1 Å². The zero-order chi connectivity index (χ0) is 17.4. The molecule has 0 amide bonds. The van der Waals surface area contributed by atoms with Gasteiger partial charge >= 0.3 is 0 Å². The van der Waals surface area contributed by atoms with Crippen molar-refractivity contribution in [2.45, 2.75) is 19.4 Å². The van der Waals surface area contributed by atoms with Gasteiger partial charge in [0.1, 0.15) is 5.75 Å². The van der Waals surface area contributed by atoms with Crippen LogP contribution in [0.3, 0.4) is 0 Å². The lowest BCUT2D eigenvalue weighted by molar-refractivity contribution is 0.414. The van der Waals surface area contributed by atoms with Crippen molar-refractivity contribution in [2.24, 2.45) is 12.0 Å². The van der Waals surface area contributed by atoms with Crippen LogP contribution in [-0.4, -0.2) is 48.4 Å². The molecule has 1 aromatic carbocycles. The predicted molar refractivity (Wildman–Crippen MR) is 113 cm³/mol.